The molecule has 0 aliphatic heterocycles. The lowest BCUT2D eigenvalue weighted by molar-refractivity contribution is -0.116. The van der Waals surface area contributed by atoms with E-state index in [1.165, 1.54) is 0 Å². The number of rotatable bonds is 6. The predicted octanol–water partition coefficient (Wildman–Crippen LogP) is 3.88. The smallest absolute Gasteiger partial charge is 0.227 e. The van der Waals surface area contributed by atoms with Crippen molar-refractivity contribution in [2.45, 2.75) is 26.4 Å². The number of amides is 1. The molecule has 2 aromatic heterocycles. The number of nitrogens with zero attached hydrogens (tertiary/aromatic N) is 4. The molecule has 3 rings (SSSR count). The molecule has 1 N–H and O–H groups in total. The maximum atomic E-state index is 12.1. The second-order valence-electron chi connectivity index (χ2n) is 5.69. The maximum absolute atomic E-state index is 12.1. The second-order valence-corrected chi connectivity index (χ2v) is 6.96. The maximum Gasteiger partial charge on any atom is 0.227 e. The van der Waals surface area contributed by atoms with Crippen molar-refractivity contribution < 1.29 is 4.79 Å². The average molecular weight is 423 g/mol. The van der Waals surface area contributed by atoms with Gasteiger partial charge < -0.3 is 5.32 Å². The molecule has 0 saturated heterocycles. The van der Waals surface area contributed by atoms with Crippen molar-refractivity contribution in [2.75, 3.05) is 5.32 Å². The van der Waals surface area contributed by atoms with Crippen LogP contribution in [0.25, 0.3) is 0 Å². The van der Waals surface area contributed by atoms with Crippen LogP contribution in [-0.2, 0) is 17.9 Å². The van der Waals surface area contributed by atoms with Crippen LogP contribution in [0.5, 0.6) is 0 Å². The van der Waals surface area contributed by atoms with Crippen LogP contribution < -0.4 is 5.32 Å². The molecular formula is C17H17BrClN5O. The van der Waals surface area contributed by atoms with Gasteiger partial charge in [-0.3, -0.25) is 14.2 Å². The number of benzene rings is 1. The molecule has 0 aliphatic carbocycles. The van der Waals surface area contributed by atoms with Gasteiger partial charge in [0.05, 0.1) is 17.2 Å². The van der Waals surface area contributed by atoms with Gasteiger partial charge in [0, 0.05) is 30.4 Å². The summed E-state index contributed by atoms with van der Waals surface area (Å²) in [6.45, 7) is 3.02. The van der Waals surface area contributed by atoms with E-state index in [-0.39, 0.29) is 5.91 Å². The number of halogens is 2. The summed E-state index contributed by atoms with van der Waals surface area (Å²) in [6.07, 6.45) is 5.81. The molecule has 1 amide bonds. The van der Waals surface area contributed by atoms with E-state index in [4.69, 9.17) is 11.6 Å². The van der Waals surface area contributed by atoms with E-state index in [0.29, 0.717) is 30.4 Å². The molecule has 0 radical (unpaired) electrons. The first-order valence-electron chi connectivity index (χ1n) is 7.76. The Morgan fingerprint density at radius 2 is 2.08 bits per heavy atom. The lowest BCUT2D eigenvalue weighted by atomic mass is 10.2. The molecule has 3 aromatic rings. The van der Waals surface area contributed by atoms with Gasteiger partial charge in [-0.15, -0.1) is 0 Å². The first-order chi connectivity index (χ1) is 12.0. The minimum atomic E-state index is -0.114. The van der Waals surface area contributed by atoms with Crippen molar-refractivity contribution >= 4 is 39.3 Å². The number of aryl methyl sites for hydroxylation is 2. The minimum Gasteiger partial charge on any atom is -0.308 e. The number of anilines is 1. The van der Waals surface area contributed by atoms with Crippen LogP contribution in [0.3, 0.4) is 0 Å². The third kappa shape index (κ3) is 4.70. The van der Waals surface area contributed by atoms with E-state index >= 15 is 0 Å². The molecule has 6 nitrogen and oxygen atoms in total. The predicted molar refractivity (Wildman–Crippen MR) is 101 cm³/mol. The molecule has 25 heavy (non-hydrogen) atoms. The van der Waals surface area contributed by atoms with Crippen LogP contribution in [0.4, 0.5) is 5.82 Å². The van der Waals surface area contributed by atoms with Gasteiger partial charge in [0.1, 0.15) is 0 Å². The lowest BCUT2D eigenvalue weighted by Crippen LogP contribution is -2.15. The number of hydrogen-bond acceptors (Lipinski definition) is 3. The van der Waals surface area contributed by atoms with Crippen LogP contribution in [-0.4, -0.2) is 25.5 Å². The van der Waals surface area contributed by atoms with Gasteiger partial charge in [0.2, 0.25) is 5.91 Å². The summed E-state index contributed by atoms with van der Waals surface area (Å²) in [5, 5.41) is 12.1. The Bertz CT molecular complexity index is 889. The molecule has 0 fully saturated rings. The second kappa shape index (κ2) is 7.84. The highest BCUT2D eigenvalue weighted by Crippen LogP contribution is 2.22. The highest BCUT2D eigenvalue weighted by atomic mass is 79.9. The number of carbonyl (C=O) groups excluding carboxylic acids is 1. The molecule has 8 heteroatoms. The van der Waals surface area contributed by atoms with E-state index in [2.05, 4.69) is 31.4 Å². The molecule has 2 heterocycles. The van der Waals surface area contributed by atoms with Gasteiger partial charge in [0.15, 0.2) is 5.82 Å². The van der Waals surface area contributed by atoms with Crippen molar-refractivity contribution in [1.82, 2.24) is 19.6 Å². The highest BCUT2D eigenvalue weighted by molar-refractivity contribution is 9.10. The Labute approximate surface area is 158 Å². The molecule has 0 saturated carbocycles. The summed E-state index contributed by atoms with van der Waals surface area (Å²) >= 11 is 9.60. The Hall–Kier alpha value is -2.12. The van der Waals surface area contributed by atoms with Gasteiger partial charge in [-0.1, -0.05) is 29.8 Å². The van der Waals surface area contributed by atoms with Crippen LogP contribution in [0, 0.1) is 6.92 Å². The standard InChI is InChI=1S/C17H17BrClN5O/c1-12-8-20-23(9-12)7-6-16(25)21-17-14(18)11-24(22-17)10-13-4-2-3-5-15(13)19/h2-5,8-9,11H,6-7,10H2,1H3,(H,21,22,25). The lowest BCUT2D eigenvalue weighted by Gasteiger charge is -2.05. The van der Waals surface area contributed by atoms with E-state index in [0.717, 1.165) is 15.6 Å². The summed E-state index contributed by atoms with van der Waals surface area (Å²) in [6, 6.07) is 7.61. The Kier molecular flexibility index (Phi) is 5.55. The normalized spacial score (nSPS) is 10.8. The van der Waals surface area contributed by atoms with Gasteiger partial charge in [0.25, 0.3) is 0 Å². The third-order valence-electron chi connectivity index (χ3n) is 3.60. The first-order valence-corrected chi connectivity index (χ1v) is 8.93. The summed E-state index contributed by atoms with van der Waals surface area (Å²) < 4.78 is 4.21. The zero-order chi connectivity index (χ0) is 17.8. The van der Waals surface area contributed by atoms with Crippen molar-refractivity contribution in [3.05, 3.63) is 63.5 Å². The molecule has 0 atom stereocenters. The van der Waals surface area contributed by atoms with Gasteiger partial charge in [-0.25, -0.2) is 0 Å². The van der Waals surface area contributed by atoms with Crippen molar-refractivity contribution in [1.29, 1.82) is 0 Å². The highest BCUT2D eigenvalue weighted by Gasteiger charge is 2.11. The quantitative estimate of drug-likeness (QED) is 0.655. The number of hydrogen-bond donors (Lipinski definition) is 1. The SMILES string of the molecule is Cc1cnn(CCC(=O)Nc2nn(Cc3ccccc3Cl)cc2Br)c1. The van der Waals surface area contributed by atoms with Crippen LogP contribution >= 0.6 is 27.5 Å². The van der Waals surface area contributed by atoms with Gasteiger partial charge >= 0.3 is 0 Å². The number of carbonyl (C=O) groups is 1. The van der Waals surface area contributed by atoms with E-state index in [9.17, 15) is 4.79 Å². The van der Waals surface area contributed by atoms with E-state index in [1.807, 2.05) is 43.6 Å². The number of aromatic nitrogens is 4. The van der Waals surface area contributed by atoms with Crippen molar-refractivity contribution in [3.63, 3.8) is 0 Å². The molecule has 0 unspecified atom stereocenters. The molecular weight excluding hydrogens is 406 g/mol. The fourth-order valence-corrected chi connectivity index (χ4v) is 2.97. The topological polar surface area (TPSA) is 64.7 Å². The fraction of sp³-hybridized carbons (Fsp3) is 0.235. The van der Waals surface area contributed by atoms with Gasteiger partial charge in [-0.2, -0.15) is 10.2 Å². The summed E-state index contributed by atoms with van der Waals surface area (Å²) in [5.41, 5.74) is 2.03. The average Bonchev–Trinajstić information content (AvgIpc) is 3.14. The molecule has 130 valence electrons. The summed E-state index contributed by atoms with van der Waals surface area (Å²) in [7, 11) is 0. The van der Waals surface area contributed by atoms with E-state index in [1.54, 1.807) is 15.6 Å². The third-order valence-corrected chi connectivity index (χ3v) is 4.54. The van der Waals surface area contributed by atoms with Crippen LogP contribution in [0.1, 0.15) is 17.5 Å². The number of nitrogens with one attached hydrogen (secondary N) is 1. The van der Waals surface area contributed by atoms with Crippen LogP contribution in [0.15, 0.2) is 47.3 Å². The first kappa shape index (κ1) is 17.7. The molecule has 1 aromatic carbocycles. The molecule has 0 spiro atoms. The summed E-state index contributed by atoms with van der Waals surface area (Å²) in [4.78, 5) is 12.1. The van der Waals surface area contributed by atoms with Crippen molar-refractivity contribution in [3.8, 4) is 0 Å². The molecule has 0 aliphatic rings. The fourth-order valence-electron chi connectivity index (χ4n) is 2.36. The summed E-state index contributed by atoms with van der Waals surface area (Å²) in [5.74, 6) is 0.380. The zero-order valence-electron chi connectivity index (χ0n) is 13.6. The van der Waals surface area contributed by atoms with Crippen LogP contribution in [0.2, 0.25) is 5.02 Å². The molecule has 0 bridgehead atoms. The van der Waals surface area contributed by atoms with Crippen molar-refractivity contribution in [2.24, 2.45) is 0 Å². The largest absolute Gasteiger partial charge is 0.308 e. The Balaban J connectivity index is 1.60. The zero-order valence-corrected chi connectivity index (χ0v) is 16.0. The minimum absolute atomic E-state index is 0.114. The monoisotopic (exact) mass is 421 g/mol. The van der Waals surface area contributed by atoms with Gasteiger partial charge in [-0.05, 0) is 40.0 Å². The van der Waals surface area contributed by atoms with E-state index < -0.39 is 0 Å². The Morgan fingerprint density at radius 3 is 2.80 bits per heavy atom. The Morgan fingerprint density at radius 1 is 1.28 bits per heavy atom.